The summed E-state index contributed by atoms with van der Waals surface area (Å²) in [7, 11) is -3.72. The second kappa shape index (κ2) is 9.86. The number of sulfonamides is 1. The Morgan fingerprint density at radius 2 is 1.39 bits per heavy atom. The summed E-state index contributed by atoms with van der Waals surface area (Å²) in [6, 6.07) is 21.6. The molecule has 160 valence electrons. The first kappa shape index (κ1) is 23.3. The van der Waals surface area contributed by atoms with E-state index in [0.29, 0.717) is 16.5 Å². The summed E-state index contributed by atoms with van der Waals surface area (Å²) in [5.41, 5.74) is 4.93. The summed E-state index contributed by atoms with van der Waals surface area (Å²) in [6.07, 6.45) is 2.29. The molecule has 0 heterocycles. The van der Waals surface area contributed by atoms with Gasteiger partial charge in [-0.05, 0) is 66.9 Å². The molecule has 0 amide bonds. The van der Waals surface area contributed by atoms with Crippen molar-refractivity contribution in [1.29, 1.82) is 0 Å². The topological polar surface area (TPSA) is 46.2 Å². The van der Waals surface area contributed by atoms with Gasteiger partial charge in [0.15, 0.2) is 0 Å². The standard InChI is InChI=1S/C25H23Cl2NO2S/c1-3-4-17-25(20-7-11-22(26)12-8-20,21-9-13-23(27)14-10-21)18-28-31(29,30)24-15-5-19(2)6-16-24/h4-16,28H,1,17-18H2,2H3. The molecule has 0 bridgehead atoms. The lowest BCUT2D eigenvalue weighted by Crippen LogP contribution is -2.41. The van der Waals surface area contributed by atoms with Crippen molar-refractivity contribution in [2.45, 2.75) is 23.7 Å². The summed E-state index contributed by atoms with van der Waals surface area (Å²) in [5, 5.41) is 1.21. The van der Waals surface area contributed by atoms with Gasteiger partial charge in [-0.1, -0.05) is 71.7 Å². The Balaban J connectivity index is 2.09. The van der Waals surface area contributed by atoms with Gasteiger partial charge in [0.2, 0.25) is 10.0 Å². The van der Waals surface area contributed by atoms with E-state index in [1.54, 1.807) is 48.5 Å². The molecule has 0 atom stereocenters. The molecule has 0 aliphatic heterocycles. The van der Waals surface area contributed by atoms with Gasteiger partial charge in [0.25, 0.3) is 0 Å². The maximum Gasteiger partial charge on any atom is 0.240 e. The van der Waals surface area contributed by atoms with Crippen molar-refractivity contribution in [2.24, 2.45) is 0 Å². The molecule has 0 spiro atoms. The van der Waals surface area contributed by atoms with Gasteiger partial charge in [0.1, 0.15) is 0 Å². The summed E-state index contributed by atoms with van der Waals surface area (Å²) in [5.74, 6) is 0. The molecular formula is C25H23Cl2NO2S. The number of benzene rings is 3. The van der Waals surface area contributed by atoms with Crippen LogP contribution in [0.5, 0.6) is 0 Å². The van der Waals surface area contributed by atoms with Crippen LogP contribution in [0.2, 0.25) is 10.0 Å². The van der Waals surface area contributed by atoms with E-state index in [0.717, 1.165) is 16.7 Å². The molecule has 0 saturated heterocycles. The highest BCUT2D eigenvalue weighted by atomic mass is 35.5. The Labute approximate surface area is 194 Å². The van der Waals surface area contributed by atoms with Gasteiger partial charge in [0.05, 0.1) is 4.90 Å². The number of nitrogens with one attached hydrogen (secondary N) is 1. The van der Waals surface area contributed by atoms with Crippen molar-refractivity contribution in [1.82, 2.24) is 4.72 Å². The first-order valence-electron chi connectivity index (χ1n) is 9.69. The van der Waals surface area contributed by atoms with E-state index in [1.807, 2.05) is 37.3 Å². The van der Waals surface area contributed by atoms with Crippen molar-refractivity contribution in [2.75, 3.05) is 6.54 Å². The summed E-state index contributed by atoms with van der Waals surface area (Å²) in [6.45, 7) is 5.73. The zero-order chi connectivity index (χ0) is 22.5. The monoisotopic (exact) mass is 471 g/mol. The molecule has 0 unspecified atom stereocenters. The van der Waals surface area contributed by atoms with Gasteiger partial charge in [-0.25, -0.2) is 13.1 Å². The maximum atomic E-state index is 13.0. The third-order valence-electron chi connectivity index (χ3n) is 5.28. The Bertz CT molecular complexity index is 1130. The molecule has 3 nitrogen and oxygen atoms in total. The van der Waals surface area contributed by atoms with Gasteiger partial charge in [-0.2, -0.15) is 0 Å². The fourth-order valence-corrected chi connectivity index (χ4v) is 4.83. The number of hydrogen-bond acceptors (Lipinski definition) is 2. The predicted molar refractivity (Wildman–Crippen MR) is 128 cm³/mol. The highest BCUT2D eigenvalue weighted by Crippen LogP contribution is 2.37. The summed E-state index contributed by atoms with van der Waals surface area (Å²) >= 11 is 12.2. The SMILES string of the molecule is C=C=CCC(CNS(=O)(=O)c1ccc(C)cc1)(c1ccc(Cl)cc1)c1ccc(Cl)cc1. The van der Waals surface area contributed by atoms with Crippen LogP contribution in [0.25, 0.3) is 0 Å². The van der Waals surface area contributed by atoms with E-state index >= 15 is 0 Å². The number of aryl methyl sites for hydroxylation is 1. The van der Waals surface area contributed by atoms with Crippen molar-refractivity contribution in [3.8, 4) is 0 Å². The summed E-state index contributed by atoms with van der Waals surface area (Å²) in [4.78, 5) is 0.221. The third kappa shape index (κ3) is 5.48. The Hall–Kier alpha value is -2.33. The average molecular weight is 472 g/mol. The van der Waals surface area contributed by atoms with Crippen LogP contribution in [-0.4, -0.2) is 15.0 Å². The van der Waals surface area contributed by atoms with Crippen molar-refractivity contribution in [3.05, 3.63) is 118 Å². The molecule has 3 aromatic rings. The Kier molecular flexibility index (Phi) is 7.42. The van der Waals surface area contributed by atoms with Crippen molar-refractivity contribution in [3.63, 3.8) is 0 Å². The summed E-state index contributed by atoms with van der Waals surface area (Å²) < 4.78 is 28.9. The normalized spacial score (nSPS) is 11.7. The smallest absolute Gasteiger partial charge is 0.210 e. The maximum absolute atomic E-state index is 13.0. The second-order valence-corrected chi connectivity index (χ2v) is 9.99. The van der Waals surface area contributed by atoms with Crippen LogP contribution in [0.4, 0.5) is 0 Å². The van der Waals surface area contributed by atoms with Gasteiger partial charge in [-0.15, -0.1) is 5.73 Å². The lowest BCUT2D eigenvalue weighted by Gasteiger charge is -2.34. The zero-order valence-corrected chi connectivity index (χ0v) is 19.4. The number of hydrogen-bond donors (Lipinski definition) is 1. The molecule has 3 rings (SSSR count). The molecule has 0 aliphatic rings. The zero-order valence-electron chi connectivity index (χ0n) is 17.1. The van der Waals surface area contributed by atoms with Crippen molar-refractivity contribution >= 4 is 33.2 Å². The molecule has 1 N–H and O–H groups in total. The second-order valence-electron chi connectivity index (χ2n) is 7.35. The molecule has 0 aliphatic carbocycles. The third-order valence-corrected chi connectivity index (χ3v) is 7.20. The minimum atomic E-state index is -3.72. The minimum absolute atomic E-state index is 0.130. The molecule has 0 aromatic heterocycles. The van der Waals surface area contributed by atoms with Crippen LogP contribution < -0.4 is 4.72 Å². The van der Waals surface area contributed by atoms with Crippen LogP contribution in [0.15, 0.2) is 96.1 Å². The molecule has 0 radical (unpaired) electrons. The molecule has 0 saturated carbocycles. The highest BCUT2D eigenvalue weighted by Gasteiger charge is 2.35. The Morgan fingerprint density at radius 1 is 0.903 bits per heavy atom. The van der Waals surface area contributed by atoms with Crippen LogP contribution in [0.3, 0.4) is 0 Å². The molecule has 6 heteroatoms. The fraction of sp³-hybridized carbons (Fsp3) is 0.160. The van der Waals surface area contributed by atoms with Gasteiger partial charge in [0, 0.05) is 22.0 Å². The molecule has 31 heavy (non-hydrogen) atoms. The fourth-order valence-electron chi connectivity index (χ4n) is 3.48. The number of allylic oxidation sites excluding steroid dienone is 1. The minimum Gasteiger partial charge on any atom is -0.210 e. The molecular weight excluding hydrogens is 449 g/mol. The lowest BCUT2D eigenvalue weighted by atomic mass is 9.72. The first-order valence-corrected chi connectivity index (χ1v) is 11.9. The van der Waals surface area contributed by atoms with Crippen LogP contribution in [0.1, 0.15) is 23.1 Å². The van der Waals surface area contributed by atoms with Gasteiger partial charge >= 0.3 is 0 Å². The number of rotatable bonds is 8. The van der Waals surface area contributed by atoms with E-state index in [9.17, 15) is 8.42 Å². The number of halogens is 2. The van der Waals surface area contributed by atoms with Crippen LogP contribution in [-0.2, 0) is 15.4 Å². The predicted octanol–water partition coefficient (Wildman–Crippen LogP) is 6.30. The highest BCUT2D eigenvalue weighted by molar-refractivity contribution is 7.89. The van der Waals surface area contributed by atoms with E-state index in [2.05, 4.69) is 17.0 Å². The Morgan fingerprint density at radius 3 is 1.84 bits per heavy atom. The molecule has 0 fully saturated rings. The van der Waals surface area contributed by atoms with Crippen LogP contribution >= 0.6 is 23.2 Å². The van der Waals surface area contributed by atoms with Crippen LogP contribution in [0, 0.1) is 6.92 Å². The van der Waals surface area contributed by atoms with Gasteiger partial charge in [-0.3, -0.25) is 0 Å². The molecule has 3 aromatic carbocycles. The van der Waals surface area contributed by atoms with Crippen molar-refractivity contribution < 1.29 is 8.42 Å². The van der Waals surface area contributed by atoms with E-state index in [-0.39, 0.29) is 11.4 Å². The lowest BCUT2D eigenvalue weighted by molar-refractivity contribution is 0.499. The van der Waals surface area contributed by atoms with Gasteiger partial charge < -0.3 is 0 Å². The van der Waals surface area contributed by atoms with E-state index in [4.69, 9.17) is 23.2 Å². The quantitative estimate of drug-likeness (QED) is 0.391. The first-order chi connectivity index (χ1) is 14.8. The largest absolute Gasteiger partial charge is 0.240 e. The van der Waals surface area contributed by atoms with E-state index in [1.165, 1.54) is 0 Å². The van der Waals surface area contributed by atoms with E-state index < -0.39 is 15.4 Å². The average Bonchev–Trinajstić information content (AvgIpc) is 2.76.